The molecule has 10 nitrogen and oxygen atoms in total. The summed E-state index contributed by atoms with van der Waals surface area (Å²) in [6.45, 7) is 6.94. The van der Waals surface area contributed by atoms with Crippen LogP contribution >= 0.6 is 0 Å². The molecule has 0 atom stereocenters. The number of carbonyl (C=O) groups is 2. The van der Waals surface area contributed by atoms with E-state index in [1.807, 2.05) is 20.8 Å². The van der Waals surface area contributed by atoms with Crippen LogP contribution in [0.2, 0.25) is 0 Å². The van der Waals surface area contributed by atoms with Gasteiger partial charge < -0.3 is 14.5 Å². The third kappa shape index (κ3) is 4.89. The number of benzene rings is 1. The van der Waals surface area contributed by atoms with Crippen molar-refractivity contribution in [1.29, 1.82) is 0 Å². The number of piperazine rings is 1. The van der Waals surface area contributed by atoms with Gasteiger partial charge in [-0.25, -0.2) is 9.48 Å². The van der Waals surface area contributed by atoms with Gasteiger partial charge in [-0.15, -0.1) is 0 Å². The summed E-state index contributed by atoms with van der Waals surface area (Å²) in [5.74, 6) is -0.252. The van der Waals surface area contributed by atoms with Crippen molar-refractivity contribution in [2.24, 2.45) is 0 Å². The number of nitrogens with zero attached hydrogens (tertiary/aromatic N) is 5. The molecule has 154 valence electrons. The number of ether oxygens (including phenoxy) is 1. The average Bonchev–Trinajstić information content (AvgIpc) is 3.16. The molecule has 0 spiro atoms. The third-order valence-corrected chi connectivity index (χ3v) is 4.33. The molecule has 0 bridgehead atoms. The van der Waals surface area contributed by atoms with E-state index in [1.165, 1.54) is 16.8 Å². The summed E-state index contributed by atoms with van der Waals surface area (Å²) in [4.78, 5) is 38.5. The molecular formula is C19H23N5O5. The van der Waals surface area contributed by atoms with Crippen LogP contribution in [0.3, 0.4) is 0 Å². The Kier molecular flexibility index (Phi) is 5.53. The van der Waals surface area contributed by atoms with E-state index < -0.39 is 10.5 Å². The number of hydrogen-bond donors (Lipinski definition) is 0. The number of nitro groups is 1. The van der Waals surface area contributed by atoms with Crippen molar-refractivity contribution in [3.8, 4) is 5.69 Å². The summed E-state index contributed by atoms with van der Waals surface area (Å²) in [6, 6.07) is 7.59. The fourth-order valence-corrected chi connectivity index (χ4v) is 2.91. The van der Waals surface area contributed by atoms with Crippen LogP contribution in [0.5, 0.6) is 0 Å². The lowest BCUT2D eigenvalue weighted by atomic mass is 10.2. The first-order valence-corrected chi connectivity index (χ1v) is 9.22. The number of rotatable bonds is 3. The van der Waals surface area contributed by atoms with Crippen LogP contribution in [0.1, 0.15) is 31.3 Å². The van der Waals surface area contributed by atoms with E-state index >= 15 is 0 Å². The van der Waals surface area contributed by atoms with E-state index in [0.29, 0.717) is 31.9 Å². The second-order valence-corrected chi connectivity index (χ2v) is 7.68. The standard InChI is InChI=1S/C19H23N5O5/c1-19(2,3)29-18(26)22-11-9-21(10-12-22)17(25)16-7-8-23(20-16)14-5-4-6-15(13-14)24(27)28/h4-8,13H,9-12H2,1-3H3. The van der Waals surface area contributed by atoms with Crippen molar-refractivity contribution in [3.05, 3.63) is 52.3 Å². The van der Waals surface area contributed by atoms with Crippen LogP contribution in [-0.2, 0) is 4.74 Å². The lowest BCUT2D eigenvalue weighted by molar-refractivity contribution is -0.384. The molecule has 1 aromatic heterocycles. The number of aromatic nitrogens is 2. The van der Waals surface area contributed by atoms with Gasteiger partial charge in [-0.05, 0) is 32.9 Å². The second kappa shape index (κ2) is 7.90. The maximum absolute atomic E-state index is 12.7. The number of non-ortho nitro benzene ring substituents is 1. The quantitative estimate of drug-likeness (QED) is 0.577. The minimum absolute atomic E-state index is 0.0517. The third-order valence-electron chi connectivity index (χ3n) is 4.33. The molecule has 1 saturated heterocycles. The number of nitro benzene ring substituents is 1. The molecule has 3 rings (SSSR count). The topological polar surface area (TPSA) is 111 Å². The molecule has 1 aromatic carbocycles. The Hall–Kier alpha value is -3.43. The van der Waals surface area contributed by atoms with E-state index in [9.17, 15) is 19.7 Å². The van der Waals surface area contributed by atoms with Crippen LogP contribution in [0.15, 0.2) is 36.5 Å². The Morgan fingerprint density at radius 1 is 1.10 bits per heavy atom. The second-order valence-electron chi connectivity index (χ2n) is 7.68. The van der Waals surface area contributed by atoms with Gasteiger partial charge in [0.2, 0.25) is 0 Å². The number of amides is 2. The molecule has 29 heavy (non-hydrogen) atoms. The van der Waals surface area contributed by atoms with Gasteiger partial charge in [0, 0.05) is 44.5 Å². The van der Waals surface area contributed by atoms with E-state index in [1.54, 1.807) is 34.2 Å². The Bertz CT molecular complexity index is 925. The zero-order chi connectivity index (χ0) is 21.2. The minimum Gasteiger partial charge on any atom is -0.444 e. The predicted octanol–water partition coefficient (Wildman–Crippen LogP) is 2.47. The van der Waals surface area contributed by atoms with E-state index in [0.717, 1.165) is 0 Å². The molecule has 0 aliphatic carbocycles. The Balaban J connectivity index is 1.63. The highest BCUT2D eigenvalue weighted by Crippen LogP contribution is 2.17. The van der Waals surface area contributed by atoms with Gasteiger partial charge >= 0.3 is 6.09 Å². The first-order valence-electron chi connectivity index (χ1n) is 9.22. The fraction of sp³-hybridized carbons (Fsp3) is 0.421. The highest BCUT2D eigenvalue weighted by molar-refractivity contribution is 5.92. The molecule has 2 amide bonds. The van der Waals surface area contributed by atoms with Crippen molar-refractivity contribution in [3.63, 3.8) is 0 Å². The molecule has 0 N–H and O–H groups in total. The van der Waals surface area contributed by atoms with Crippen LogP contribution in [0, 0.1) is 10.1 Å². The van der Waals surface area contributed by atoms with Gasteiger partial charge in [-0.1, -0.05) is 6.07 Å². The summed E-state index contributed by atoms with van der Waals surface area (Å²) >= 11 is 0. The van der Waals surface area contributed by atoms with Crippen molar-refractivity contribution >= 4 is 17.7 Å². The summed E-state index contributed by atoms with van der Waals surface area (Å²) in [7, 11) is 0. The smallest absolute Gasteiger partial charge is 0.410 e. The normalized spacial score (nSPS) is 14.6. The first-order chi connectivity index (χ1) is 13.6. The monoisotopic (exact) mass is 401 g/mol. The van der Waals surface area contributed by atoms with Gasteiger partial charge in [-0.3, -0.25) is 14.9 Å². The zero-order valence-corrected chi connectivity index (χ0v) is 16.6. The Labute approximate surface area is 167 Å². The summed E-state index contributed by atoms with van der Waals surface area (Å²) in [5.41, 5.74) is 0.114. The lowest BCUT2D eigenvalue weighted by Gasteiger charge is -2.35. The largest absolute Gasteiger partial charge is 0.444 e. The zero-order valence-electron chi connectivity index (χ0n) is 16.6. The Morgan fingerprint density at radius 3 is 2.38 bits per heavy atom. The highest BCUT2D eigenvalue weighted by atomic mass is 16.6. The first kappa shape index (κ1) is 20.3. The van der Waals surface area contributed by atoms with E-state index in [4.69, 9.17) is 4.74 Å². The molecule has 10 heteroatoms. The van der Waals surface area contributed by atoms with Crippen molar-refractivity contribution in [2.45, 2.75) is 26.4 Å². The van der Waals surface area contributed by atoms with Gasteiger partial charge in [-0.2, -0.15) is 5.10 Å². The Morgan fingerprint density at radius 2 is 1.76 bits per heavy atom. The van der Waals surface area contributed by atoms with Crippen molar-refractivity contribution in [2.75, 3.05) is 26.2 Å². The molecule has 1 aliphatic heterocycles. The number of hydrogen-bond acceptors (Lipinski definition) is 6. The maximum Gasteiger partial charge on any atom is 0.410 e. The van der Waals surface area contributed by atoms with Gasteiger partial charge in [0.25, 0.3) is 11.6 Å². The van der Waals surface area contributed by atoms with Gasteiger partial charge in [0.1, 0.15) is 5.60 Å². The lowest BCUT2D eigenvalue weighted by Crippen LogP contribution is -2.51. The van der Waals surface area contributed by atoms with Gasteiger partial charge in [0.15, 0.2) is 5.69 Å². The minimum atomic E-state index is -0.566. The summed E-state index contributed by atoms with van der Waals surface area (Å²) < 4.78 is 6.78. The molecule has 0 radical (unpaired) electrons. The van der Waals surface area contributed by atoms with Gasteiger partial charge in [0.05, 0.1) is 10.6 Å². The van der Waals surface area contributed by atoms with Crippen LogP contribution in [0.25, 0.3) is 5.69 Å². The molecular weight excluding hydrogens is 378 g/mol. The van der Waals surface area contributed by atoms with Crippen LogP contribution in [-0.4, -0.2) is 68.3 Å². The van der Waals surface area contributed by atoms with Crippen molar-refractivity contribution < 1.29 is 19.2 Å². The maximum atomic E-state index is 12.7. The predicted molar refractivity (Wildman–Crippen MR) is 104 cm³/mol. The summed E-state index contributed by atoms with van der Waals surface area (Å²) in [6.07, 6.45) is 1.20. The average molecular weight is 401 g/mol. The summed E-state index contributed by atoms with van der Waals surface area (Å²) in [5, 5.41) is 15.2. The molecule has 2 heterocycles. The fourth-order valence-electron chi connectivity index (χ4n) is 2.91. The van der Waals surface area contributed by atoms with Crippen molar-refractivity contribution in [1.82, 2.24) is 19.6 Å². The molecule has 2 aromatic rings. The highest BCUT2D eigenvalue weighted by Gasteiger charge is 2.28. The van der Waals surface area contributed by atoms with Crippen LogP contribution in [0.4, 0.5) is 10.5 Å². The molecule has 1 fully saturated rings. The number of carbonyl (C=O) groups excluding carboxylic acids is 2. The SMILES string of the molecule is CC(C)(C)OC(=O)N1CCN(C(=O)c2ccn(-c3cccc([N+](=O)[O-])c3)n2)CC1. The van der Waals surface area contributed by atoms with Crippen LogP contribution < -0.4 is 0 Å². The molecule has 0 unspecified atom stereocenters. The van der Waals surface area contributed by atoms with E-state index in [2.05, 4.69) is 5.10 Å². The molecule has 1 aliphatic rings. The molecule has 0 saturated carbocycles. The van der Waals surface area contributed by atoms with E-state index in [-0.39, 0.29) is 23.4 Å².